The van der Waals surface area contributed by atoms with E-state index in [1.807, 2.05) is 0 Å². The maximum atomic E-state index is 17.3. The minimum atomic E-state index is -0.968. The van der Waals surface area contributed by atoms with Crippen LogP contribution in [0.5, 0.6) is 0 Å². The normalized spacial score (nSPS) is 29.2. The Bertz CT molecular complexity index is 3150. The van der Waals surface area contributed by atoms with E-state index < -0.39 is 10.8 Å². The van der Waals surface area contributed by atoms with Crippen LogP contribution in [0.4, 0.5) is 0 Å². The SMILES string of the molecule is CCCCCCc1c2c(c(CCCCCC)c3c1[C@@H]1O[C@H]3C3c4ccc5c6c(ccc(c46)C31)C=C5)[C@@H]1O[C@H]2[C@@H]2[C@H]1[C@@]1(c3ccccc3)C(=O)[C@]2(c2ccccc2)C(c2ccccc2)=C1c1ccccc1. The van der Waals surface area contributed by atoms with E-state index in [0.717, 1.165) is 59.1 Å². The predicted octanol–water partition coefficient (Wildman–Crippen LogP) is 16.0. The van der Waals surface area contributed by atoms with Gasteiger partial charge < -0.3 is 9.47 Å². The summed E-state index contributed by atoms with van der Waals surface area (Å²) in [6.45, 7) is 4.65. The second kappa shape index (κ2) is 15.4. The van der Waals surface area contributed by atoms with Crippen molar-refractivity contribution in [3.05, 3.63) is 223 Å². The summed E-state index contributed by atoms with van der Waals surface area (Å²) in [5.74, 6) is 0.655. The molecule has 8 aliphatic rings. The fourth-order valence-corrected chi connectivity index (χ4v) is 16.8. The first kappa shape index (κ1) is 41.6. The number of carbonyl (C=O) groups is 1. The summed E-state index contributed by atoms with van der Waals surface area (Å²) >= 11 is 0. The summed E-state index contributed by atoms with van der Waals surface area (Å²) in [7, 11) is 0. The number of fused-ring (bicyclic) bond motifs is 22. The van der Waals surface area contributed by atoms with Crippen molar-refractivity contribution in [1.82, 2.24) is 0 Å². The summed E-state index contributed by atoms with van der Waals surface area (Å²) in [4.78, 5) is 17.3. The Morgan fingerprint density at radius 2 is 0.829 bits per heavy atom. The number of rotatable bonds is 14. The largest absolute Gasteiger partial charge is 0.365 e. The highest BCUT2D eigenvalue weighted by Crippen LogP contribution is 2.83. The van der Waals surface area contributed by atoms with Crippen LogP contribution in [-0.2, 0) is 37.9 Å². The number of allylic oxidation sites excluding steroid dienone is 2. The minimum Gasteiger partial charge on any atom is -0.365 e. The molecule has 0 radical (unpaired) electrons. The fraction of sp³-hybridized carbons (Fsp3) is 0.328. The highest BCUT2D eigenvalue weighted by atomic mass is 16.5. The van der Waals surface area contributed by atoms with Crippen molar-refractivity contribution in [2.24, 2.45) is 11.8 Å². The van der Waals surface area contributed by atoms with Crippen molar-refractivity contribution in [2.45, 2.75) is 125 Å². The van der Waals surface area contributed by atoms with Gasteiger partial charge in [0, 0.05) is 23.7 Å². The summed E-state index contributed by atoms with van der Waals surface area (Å²) in [5, 5.41) is 2.95. The zero-order valence-corrected chi connectivity index (χ0v) is 40.4. The second-order valence-corrected chi connectivity index (χ2v) is 22.0. The van der Waals surface area contributed by atoms with Crippen molar-refractivity contribution in [3.63, 3.8) is 0 Å². The van der Waals surface area contributed by atoms with Crippen molar-refractivity contribution < 1.29 is 14.3 Å². The molecule has 4 heterocycles. The Balaban J connectivity index is 1.03. The third-order valence-corrected chi connectivity index (χ3v) is 19.0. The number of unbranched alkanes of at least 4 members (excludes halogenated alkanes) is 6. The molecule has 3 nitrogen and oxygen atoms in total. The van der Waals surface area contributed by atoms with Crippen molar-refractivity contribution in [1.29, 1.82) is 0 Å². The molecule has 2 unspecified atom stereocenters. The highest BCUT2D eigenvalue weighted by Gasteiger charge is 2.83. The maximum absolute atomic E-state index is 17.3. The number of Topliss-reactive ketones (excluding diaryl/α,β-unsaturated/α-hetero) is 1. The van der Waals surface area contributed by atoms with Gasteiger partial charge in [-0.05, 0) is 125 Å². The Hall–Kier alpha value is -6.13. The van der Waals surface area contributed by atoms with Crippen molar-refractivity contribution >= 4 is 39.9 Å². The molecule has 0 aromatic heterocycles. The molecule has 15 rings (SSSR count). The van der Waals surface area contributed by atoms with Crippen LogP contribution in [0.1, 0.15) is 179 Å². The molecule has 4 aliphatic heterocycles. The predicted molar refractivity (Wildman–Crippen MR) is 282 cm³/mol. The van der Waals surface area contributed by atoms with E-state index in [-0.39, 0.29) is 48.1 Å². The zero-order chi connectivity index (χ0) is 46.5. The third-order valence-electron chi connectivity index (χ3n) is 19.0. The van der Waals surface area contributed by atoms with Gasteiger partial charge in [-0.25, -0.2) is 0 Å². The number of benzene rings is 7. The Kier molecular flexibility index (Phi) is 9.18. The van der Waals surface area contributed by atoms with Gasteiger partial charge in [-0.2, -0.15) is 0 Å². The first-order chi connectivity index (χ1) is 34.6. The monoisotopic (exact) mass is 912 g/mol. The van der Waals surface area contributed by atoms with Gasteiger partial charge in [0.2, 0.25) is 0 Å². The first-order valence-electron chi connectivity index (χ1n) is 27.0. The van der Waals surface area contributed by atoms with Crippen molar-refractivity contribution in [3.8, 4) is 0 Å². The molecule has 70 heavy (non-hydrogen) atoms. The van der Waals surface area contributed by atoms with Crippen molar-refractivity contribution in [2.75, 3.05) is 0 Å². The molecule has 1 saturated carbocycles. The minimum absolute atomic E-state index is 0.00994. The molecule has 0 N–H and O–H groups in total. The van der Waals surface area contributed by atoms with Crippen LogP contribution in [0.25, 0.3) is 34.1 Å². The lowest BCUT2D eigenvalue weighted by molar-refractivity contribution is -0.125. The molecular weight excluding hydrogens is 853 g/mol. The van der Waals surface area contributed by atoms with E-state index in [1.54, 1.807) is 0 Å². The molecule has 0 amide bonds. The molecule has 7 aromatic carbocycles. The van der Waals surface area contributed by atoms with Crippen LogP contribution in [0.3, 0.4) is 0 Å². The third kappa shape index (κ3) is 5.06. The lowest BCUT2D eigenvalue weighted by atomic mass is 9.53. The summed E-state index contributed by atoms with van der Waals surface area (Å²) in [5.41, 5.74) is 19.4. The second-order valence-electron chi connectivity index (χ2n) is 22.0. The Labute approximate surface area is 412 Å². The Morgan fingerprint density at radius 3 is 1.26 bits per heavy atom. The van der Waals surface area contributed by atoms with E-state index in [0.29, 0.717) is 5.78 Å². The van der Waals surface area contributed by atoms with Gasteiger partial charge in [0.1, 0.15) is 0 Å². The summed E-state index contributed by atoms with van der Waals surface area (Å²) < 4.78 is 15.7. The fourth-order valence-electron chi connectivity index (χ4n) is 16.8. The van der Waals surface area contributed by atoms with Crippen LogP contribution < -0.4 is 0 Å². The van der Waals surface area contributed by atoms with Crippen LogP contribution >= 0.6 is 0 Å². The molecule has 346 valence electrons. The number of ether oxygens (including phenoxy) is 2. The lowest BCUT2D eigenvalue weighted by Gasteiger charge is -2.46. The summed E-state index contributed by atoms with van der Waals surface area (Å²) in [6.07, 6.45) is 15.7. The van der Waals surface area contributed by atoms with Gasteiger partial charge in [-0.1, -0.05) is 210 Å². The van der Waals surface area contributed by atoms with Gasteiger partial charge in [0.15, 0.2) is 5.78 Å². The first-order valence-corrected chi connectivity index (χ1v) is 27.0. The van der Waals surface area contributed by atoms with E-state index in [4.69, 9.17) is 9.47 Å². The van der Waals surface area contributed by atoms with Crippen LogP contribution in [0, 0.1) is 11.8 Å². The van der Waals surface area contributed by atoms with E-state index in [9.17, 15) is 0 Å². The molecule has 10 atom stereocenters. The van der Waals surface area contributed by atoms with Crippen LogP contribution in [0.15, 0.2) is 146 Å². The Morgan fingerprint density at radius 1 is 0.429 bits per heavy atom. The standard InChI is InChI=1S/C67H60O3/c1-3-5-7-21-31-45-51-52(62-54-48-38-36-40-34-33-39-35-37-47(50(48)49(39)40)53(54)61(51)69-62)46(32-22-8-6-4-2)56-55(45)63-59-60(64(56)70-63)67(44-29-19-12-20-30-44)58(42-25-15-10-16-26-42)57(41-23-13-9-14-24-41)66(59,65(67)68)43-27-17-11-18-28-43/h9-20,23-30,33-38,53-54,59-64H,3-8,21-22,31-32H2,1-2H3/t53?,54?,59-,60+,61-,62+,63+,64-,66+,67-. The van der Waals surface area contributed by atoms with Gasteiger partial charge in [0.05, 0.1) is 35.2 Å². The van der Waals surface area contributed by atoms with Gasteiger partial charge in [-0.3, -0.25) is 4.79 Å². The highest BCUT2D eigenvalue weighted by molar-refractivity contribution is 6.30. The molecule has 6 bridgehead atoms. The van der Waals surface area contributed by atoms with Gasteiger partial charge >= 0.3 is 0 Å². The molecule has 7 aromatic rings. The van der Waals surface area contributed by atoms with E-state index in [1.165, 1.54) is 105 Å². The van der Waals surface area contributed by atoms with Gasteiger partial charge in [-0.15, -0.1) is 0 Å². The molecule has 3 fully saturated rings. The molecule has 2 saturated heterocycles. The smallest absolute Gasteiger partial charge is 0.163 e. The van der Waals surface area contributed by atoms with Crippen LogP contribution in [-0.4, -0.2) is 5.78 Å². The average molecular weight is 913 g/mol. The average Bonchev–Trinajstić information content (AvgIpc) is 4.31. The number of ketones is 1. The molecular formula is C67H60O3. The quantitative estimate of drug-likeness (QED) is 0.102. The van der Waals surface area contributed by atoms with Crippen LogP contribution in [0.2, 0.25) is 0 Å². The number of hydrogen-bond donors (Lipinski definition) is 0. The topological polar surface area (TPSA) is 35.5 Å². The van der Waals surface area contributed by atoms with E-state index in [2.05, 4.69) is 172 Å². The molecule has 3 heteroatoms. The number of carbonyl (C=O) groups excluding carboxylic acids is 1. The zero-order valence-electron chi connectivity index (χ0n) is 40.4. The lowest BCUT2D eigenvalue weighted by Crippen LogP contribution is -2.43. The van der Waals surface area contributed by atoms with Gasteiger partial charge in [0.25, 0.3) is 0 Å². The molecule has 4 aliphatic carbocycles. The maximum Gasteiger partial charge on any atom is 0.163 e. The number of hydrogen-bond acceptors (Lipinski definition) is 3. The van der Waals surface area contributed by atoms with E-state index >= 15 is 4.79 Å². The molecule has 0 spiro atoms. The summed E-state index contributed by atoms with van der Waals surface area (Å²) in [6, 6.07) is 53.5.